The SMILES string of the molecule is Cl.O=C(c1cccc2c1C=CS2(O)O)N1CCN(c2cccc(C(F)(F)F)c2)CC1. The number of halogens is 4. The number of carbonyl (C=O) groups excluding carboxylic acids is 1. The molecule has 10 heteroatoms. The van der Waals surface area contributed by atoms with Crippen molar-refractivity contribution < 1.29 is 27.1 Å². The number of hydrogen-bond donors (Lipinski definition) is 2. The molecule has 0 radical (unpaired) electrons. The maximum absolute atomic E-state index is 13.0. The molecule has 30 heavy (non-hydrogen) atoms. The Morgan fingerprint density at radius 2 is 1.67 bits per heavy atom. The van der Waals surface area contributed by atoms with Crippen LogP contribution in [-0.4, -0.2) is 46.1 Å². The quantitative estimate of drug-likeness (QED) is 0.648. The Morgan fingerprint density at radius 3 is 2.33 bits per heavy atom. The van der Waals surface area contributed by atoms with Crippen molar-refractivity contribution in [3.8, 4) is 0 Å². The second-order valence-electron chi connectivity index (χ2n) is 6.94. The van der Waals surface area contributed by atoms with Gasteiger partial charge in [0.25, 0.3) is 5.91 Å². The van der Waals surface area contributed by atoms with Crippen LogP contribution in [-0.2, 0) is 6.18 Å². The Balaban J connectivity index is 0.00000256. The zero-order valence-electron chi connectivity index (χ0n) is 15.7. The Labute approximate surface area is 179 Å². The lowest BCUT2D eigenvalue weighted by Crippen LogP contribution is -2.49. The fourth-order valence-corrected chi connectivity index (χ4v) is 4.87. The second kappa shape index (κ2) is 8.14. The molecule has 2 N–H and O–H groups in total. The van der Waals surface area contributed by atoms with Crippen molar-refractivity contribution in [2.24, 2.45) is 0 Å². The number of amides is 1. The van der Waals surface area contributed by atoms with Crippen molar-refractivity contribution in [1.29, 1.82) is 0 Å². The number of piperazine rings is 1. The van der Waals surface area contributed by atoms with Crippen molar-refractivity contribution in [1.82, 2.24) is 4.90 Å². The van der Waals surface area contributed by atoms with Crippen LogP contribution in [0.15, 0.2) is 52.8 Å². The lowest BCUT2D eigenvalue weighted by atomic mass is 10.1. The van der Waals surface area contributed by atoms with Gasteiger partial charge in [-0.1, -0.05) is 12.1 Å². The summed E-state index contributed by atoms with van der Waals surface area (Å²) in [6, 6.07) is 10.0. The number of carbonyl (C=O) groups is 1. The third kappa shape index (κ3) is 4.15. The smallest absolute Gasteiger partial charge is 0.368 e. The molecule has 0 aromatic heterocycles. The third-order valence-electron chi connectivity index (χ3n) is 5.15. The van der Waals surface area contributed by atoms with Gasteiger partial charge in [0.15, 0.2) is 0 Å². The van der Waals surface area contributed by atoms with Gasteiger partial charge in [-0.2, -0.15) is 13.2 Å². The molecule has 0 unspecified atom stereocenters. The van der Waals surface area contributed by atoms with Gasteiger partial charge in [-0.05, 0) is 36.4 Å². The summed E-state index contributed by atoms with van der Waals surface area (Å²) < 4.78 is 58.9. The largest absolute Gasteiger partial charge is 0.416 e. The highest BCUT2D eigenvalue weighted by molar-refractivity contribution is 8.27. The average molecular weight is 461 g/mol. The van der Waals surface area contributed by atoms with Crippen LogP contribution in [0.5, 0.6) is 0 Å². The number of benzene rings is 2. The number of rotatable bonds is 2. The van der Waals surface area contributed by atoms with Crippen molar-refractivity contribution in [2.75, 3.05) is 31.1 Å². The number of alkyl halides is 3. The highest BCUT2D eigenvalue weighted by Crippen LogP contribution is 2.56. The van der Waals surface area contributed by atoms with Gasteiger partial charge in [0.2, 0.25) is 0 Å². The van der Waals surface area contributed by atoms with E-state index >= 15 is 0 Å². The summed E-state index contributed by atoms with van der Waals surface area (Å²) in [7, 11) is -3.00. The first-order valence-corrected chi connectivity index (χ1v) is 10.6. The molecule has 0 aliphatic carbocycles. The van der Waals surface area contributed by atoms with Crippen LogP contribution >= 0.6 is 23.0 Å². The van der Waals surface area contributed by atoms with Crippen LogP contribution in [0.2, 0.25) is 0 Å². The Bertz CT molecular complexity index is 990. The lowest BCUT2D eigenvalue weighted by molar-refractivity contribution is -0.137. The van der Waals surface area contributed by atoms with Crippen LogP contribution in [0.4, 0.5) is 18.9 Å². The minimum absolute atomic E-state index is 0. The molecule has 1 saturated heterocycles. The minimum Gasteiger partial charge on any atom is -0.368 e. The van der Waals surface area contributed by atoms with Gasteiger partial charge in [-0.15, -0.1) is 23.0 Å². The van der Waals surface area contributed by atoms with E-state index in [4.69, 9.17) is 0 Å². The van der Waals surface area contributed by atoms with E-state index in [1.165, 1.54) is 11.5 Å². The van der Waals surface area contributed by atoms with E-state index in [0.29, 0.717) is 47.9 Å². The van der Waals surface area contributed by atoms with Crippen molar-refractivity contribution in [3.05, 3.63) is 64.6 Å². The molecular formula is C20H20ClF3N2O3S. The standard InChI is InChI=1S/C20H19F3N2O3S.ClH/c21-20(22,23)14-3-1-4-15(13-14)24-8-10-25(11-9-24)19(26)17-5-2-6-18-16(17)7-12-29(18,27)28;/h1-7,12-13,27-28H,8-11H2;1H. The maximum Gasteiger partial charge on any atom is 0.416 e. The van der Waals surface area contributed by atoms with E-state index in [2.05, 4.69) is 0 Å². The summed E-state index contributed by atoms with van der Waals surface area (Å²) in [5, 5.41) is 1.31. The summed E-state index contributed by atoms with van der Waals surface area (Å²) in [6.45, 7) is 1.54. The molecule has 0 bridgehead atoms. The summed E-state index contributed by atoms with van der Waals surface area (Å²) in [5.74, 6) is -0.229. The lowest BCUT2D eigenvalue weighted by Gasteiger charge is -2.36. The zero-order valence-corrected chi connectivity index (χ0v) is 17.3. The molecule has 0 saturated carbocycles. The molecule has 1 fully saturated rings. The molecule has 0 atom stereocenters. The van der Waals surface area contributed by atoms with Crippen LogP contribution in [0, 0.1) is 0 Å². The topological polar surface area (TPSA) is 64.0 Å². The molecule has 2 aromatic rings. The number of fused-ring (bicyclic) bond motifs is 1. The van der Waals surface area contributed by atoms with Crippen molar-refractivity contribution in [2.45, 2.75) is 11.1 Å². The molecule has 5 nitrogen and oxygen atoms in total. The van der Waals surface area contributed by atoms with Crippen LogP contribution in [0.25, 0.3) is 6.08 Å². The molecule has 162 valence electrons. The number of nitrogens with zero attached hydrogens (tertiary/aromatic N) is 2. The monoisotopic (exact) mass is 460 g/mol. The van der Waals surface area contributed by atoms with Gasteiger partial charge in [-0.3, -0.25) is 13.9 Å². The van der Waals surface area contributed by atoms with E-state index in [-0.39, 0.29) is 18.3 Å². The Hall–Kier alpha value is -2.20. The third-order valence-corrected chi connectivity index (χ3v) is 6.67. The molecule has 4 rings (SSSR count). The first kappa shape index (κ1) is 22.5. The van der Waals surface area contributed by atoms with Crippen LogP contribution in [0.1, 0.15) is 21.5 Å². The van der Waals surface area contributed by atoms with E-state index < -0.39 is 22.3 Å². The highest BCUT2D eigenvalue weighted by atomic mass is 35.5. The summed E-state index contributed by atoms with van der Waals surface area (Å²) in [6.07, 6.45) is -2.84. The van der Waals surface area contributed by atoms with Crippen LogP contribution < -0.4 is 4.90 Å². The van der Waals surface area contributed by atoms with Crippen molar-refractivity contribution in [3.63, 3.8) is 0 Å². The van der Waals surface area contributed by atoms with E-state index in [1.54, 1.807) is 35.2 Å². The fraction of sp³-hybridized carbons (Fsp3) is 0.250. The summed E-state index contributed by atoms with van der Waals surface area (Å²) in [4.78, 5) is 16.8. The molecule has 2 aliphatic heterocycles. The average Bonchev–Trinajstić information content (AvgIpc) is 3.02. The predicted molar refractivity (Wildman–Crippen MR) is 113 cm³/mol. The Morgan fingerprint density at radius 1 is 1.00 bits per heavy atom. The Kier molecular flexibility index (Phi) is 6.10. The normalized spacial score (nSPS) is 18.6. The second-order valence-corrected chi connectivity index (χ2v) is 8.84. The van der Waals surface area contributed by atoms with Crippen LogP contribution in [0.3, 0.4) is 0 Å². The molecule has 2 heterocycles. The molecule has 1 amide bonds. The molecule has 2 aromatic carbocycles. The van der Waals surface area contributed by atoms with Crippen molar-refractivity contribution >= 4 is 40.7 Å². The first-order chi connectivity index (χ1) is 13.7. The first-order valence-electron chi connectivity index (χ1n) is 8.98. The fourth-order valence-electron chi connectivity index (χ4n) is 3.62. The van der Waals surface area contributed by atoms with E-state index in [1.807, 2.05) is 4.90 Å². The summed E-state index contributed by atoms with van der Waals surface area (Å²) >= 11 is 0. The highest BCUT2D eigenvalue weighted by Gasteiger charge is 2.32. The maximum atomic E-state index is 13.0. The predicted octanol–water partition coefficient (Wildman–Crippen LogP) is 5.18. The van der Waals surface area contributed by atoms with E-state index in [0.717, 1.165) is 12.1 Å². The molecule has 2 aliphatic rings. The van der Waals surface area contributed by atoms with Gasteiger partial charge in [-0.25, -0.2) is 0 Å². The number of anilines is 1. The zero-order chi connectivity index (χ0) is 20.8. The van der Waals surface area contributed by atoms with Gasteiger partial charge in [0, 0.05) is 48.4 Å². The van der Waals surface area contributed by atoms with Gasteiger partial charge in [0.1, 0.15) is 0 Å². The number of hydrogen-bond acceptors (Lipinski definition) is 4. The minimum atomic E-state index is -4.40. The van der Waals surface area contributed by atoms with E-state index in [9.17, 15) is 27.1 Å². The summed E-state index contributed by atoms with van der Waals surface area (Å²) in [5.41, 5.74) is 0.685. The molecule has 0 spiro atoms. The van der Waals surface area contributed by atoms with Gasteiger partial charge < -0.3 is 9.80 Å². The van der Waals surface area contributed by atoms with Gasteiger partial charge in [0.05, 0.1) is 10.5 Å². The molecular weight excluding hydrogens is 441 g/mol. The van der Waals surface area contributed by atoms with Gasteiger partial charge >= 0.3 is 6.18 Å².